The number of aryl methyl sites for hydroxylation is 1. The van der Waals surface area contributed by atoms with Gasteiger partial charge in [-0.3, -0.25) is 4.79 Å². The molecule has 0 aliphatic heterocycles. The van der Waals surface area contributed by atoms with E-state index in [1.54, 1.807) is 24.5 Å². The Morgan fingerprint density at radius 1 is 1.12 bits per heavy atom. The molecule has 0 unspecified atom stereocenters. The van der Waals surface area contributed by atoms with Crippen molar-refractivity contribution >= 4 is 33.5 Å². The minimum Gasteiger partial charge on any atom is -0.494 e. The summed E-state index contributed by atoms with van der Waals surface area (Å²) in [5.41, 5.74) is 1.89. The van der Waals surface area contributed by atoms with Crippen LogP contribution in [0.3, 0.4) is 0 Å². The molecule has 0 saturated carbocycles. The van der Waals surface area contributed by atoms with Crippen LogP contribution in [0.2, 0.25) is 0 Å². The molecule has 4 rings (SSSR count). The van der Waals surface area contributed by atoms with Crippen LogP contribution in [-0.2, 0) is 0 Å². The molecule has 128 valence electrons. The Kier molecular flexibility index (Phi) is 4.10. The lowest BCUT2D eigenvalue weighted by Crippen LogP contribution is -2.20. The maximum Gasteiger partial charge on any atom is 0.265 e. The van der Waals surface area contributed by atoms with E-state index in [9.17, 15) is 9.90 Å². The maximum atomic E-state index is 13.0. The normalized spacial score (nSPS) is 11.4. The van der Waals surface area contributed by atoms with Gasteiger partial charge >= 0.3 is 0 Å². The van der Waals surface area contributed by atoms with Crippen LogP contribution in [0, 0.1) is 6.92 Å². The first-order chi connectivity index (χ1) is 12.6. The van der Waals surface area contributed by atoms with Gasteiger partial charge in [0.2, 0.25) is 11.0 Å². The number of hydrogen-bond acceptors (Lipinski definition) is 5. The largest absolute Gasteiger partial charge is 0.494 e. The molecule has 26 heavy (non-hydrogen) atoms. The van der Waals surface area contributed by atoms with Gasteiger partial charge in [0.05, 0.1) is 11.3 Å². The van der Waals surface area contributed by atoms with Crippen molar-refractivity contribution in [1.82, 2.24) is 9.55 Å². The molecular formula is C20H15N3O2S. The van der Waals surface area contributed by atoms with E-state index in [2.05, 4.69) is 9.98 Å². The number of aliphatic imine (C=N–C) groups is 1. The van der Waals surface area contributed by atoms with Gasteiger partial charge in [0.1, 0.15) is 0 Å². The highest BCUT2D eigenvalue weighted by molar-refractivity contribution is 7.13. The van der Waals surface area contributed by atoms with Crippen molar-refractivity contribution in [2.75, 3.05) is 0 Å². The molecule has 1 N–H and O–H groups in total. The smallest absolute Gasteiger partial charge is 0.265 e. The van der Waals surface area contributed by atoms with Crippen molar-refractivity contribution in [3.63, 3.8) is 0 Å². The number of hydrogen-bond donors (Lipinski definition) is 1. The Labute approximate surface area is 153 Å². The first kappa shape index (κ1) is 16.2. The number of rotatable bonds is 3. The van der Waals surface area contributed by atoms with Gasteiger partial charge < -0.3 is 5.11 Å². The average molecular weight is 361 g/mol. The molecule has 0 atom stereocenters. The number of benzene rings is 2. The van der Waals surface area contributed by atoms with Crippen LogP contribution < -0.4 is 5.56 Å². The summed E-state index contributed by atoms with van der Waals surface area (Å²) in [5, 5.41) is 14.5. The molecule has 2 aromatic carbocycles. The molecule has 6 heteroatoms. The highest BCUT2D eigenvalue weighted by Crippen LogP contribution is 2.27. The monoisotopic (exact) mass is 361 g/mol. The molecule has 2 aromatic heterocycles. The molecule has 0 radical (unpaired) electrons. The fraction of sp³-hybridized carbons (Fsp3) is 0.0500. The summed E-state index contributed by atoms with van der Waals surface area (Å²) < 4.78 is 1.31. The Hall–Kier alpha value is -3.25. The van der Waals surface area contributed by atoms with E-state index in [0.29, 0.717) is 27.2 Å². The van der Waals surface area contributed by atoms with Gasteiger partial charge in [0.15, 0.2) is 0 Å². The number of pyridine rings is 1. The average Bonchev–Trinajstić information content (AvgIpc) is 3.17. The molecule has 5 nitrogen and oxygen atoms in total. The van der Waals surface area contributed by atoms with Gasteiger partial charge in [0.25, 0.3) is 5.56 Å². The van der Waals surface area contributed by atoms with E-state index >= 15 is 0 Å². The highest BCUT2D eigenvalue weighted by Gasteiger charge is 2.16. The van der Waals surface area contributed by atoms with Gasteiger partial charge in [-0.05, 0) is 25.1 Å². The number of nitrogens with zero attached hydrogens (tertiary/aromatic N) is 3. The van der Waals surface area contributed by atoms with Crippen LogP contribution >= 0.6 is 11.3 Å². The van der Waals surface area contributed by atoms with Gasteiger partial charge in [-0.15, -0.1) is 11.3 Å². The lowest BCUT2D eigenvalue weighted by atomic mass is 10.1. The summed E-state index contributed by atoms with van der Waals surface area (Å²) in [6.45, 7) is 1.97. The zero-order chi connectivity index (χ0) is 18.1. The lowest BCUT2D eigenvalue weighted by Gasteiger charge is -2.13. The van der Waals surface area contributed by atoms with E-state index in [-0.39, 0.29) is 11.4 Å². The highest BCUT2D eigenvalue weighted by atomic mass is 32.1. The van der Waals surface area contributed by atoms with Crippen molar-refractivity contribution in [2.45, 2.75) is 6.92 Å². The zero-order valence-corrected chi connectivity index (χ0v) is 14.8. The molecule has 0 spiro atoms. The minimum absolute atomic E-state index is 0.141. The van der Waals surface area contributed by atoms with Crippen LogP contribution in [-0.4, -0.2) is 20.9 Å². The summed E-state index contributed by atoms with van der Waals surface area (Å²) in [6.07, 6.45) is 3.23. The van der Waals surface area contributed by atoms with Crippen molar-refractivity contribution in [3.8, 4) is 11.6 Å². The summed E-state index contributed by atoms with van der Waals surface area (Å²) in [6, 6.07) is 14.6. The van der Waals surface area contributed by atoms with Gasteiger partial charge in [-0.1, -0.05) is 35.9 Å². The molecule has 0 aliphatic carbocycles. The molecule has 2 heterocycles. The lowest BCUT2D eigenvalue weighted by molar-refractivity contribution is 0.436. The zero-order valence-electron chi connectivity index (χ0n) is 14.0. The molecule has 0 amide bonds. The van der Waals surface area contributed by atoms with E-state index in [0.717, 1.165) is 5.56 Å². The van der Waals surface area contributed by atoms with Crippen molar-refractivity contribution in [1.29, 1.82) is 0 Å². The SMILES string of the molecule is Cc1ccc(-n2c(O)c(/C=N/c3nccs3)c3ccccc3c2=O)cc1. The Balaban J connectivity index is 2.01. The van der Waals surface area contributed by atoms with E-state index in [1.807, 2.05) is 48.7 Å². The molecular weight excluding hydrogens is 346 g/mol. The second-order valence-corrected chi connectivity index (χ2v) is 6.70. The molecule has 0 saturated heterocycles. The van der Waals surface area contributed by atoms with E-state index < -0.39 is 0 Å². The molecule has 4 aromatic rings. The van der Waals surface area contributed by atoms with Crippen LogP contribution in [0.15, 0.2) is 69.9 Å². The maximum absolute atomic E-state index is 13.0. The van der Waals surface area contributed by atoms with Gasteiger partial charge in [0, 0.05) is 28.6 Å². The number of fused-ring (bicyclic) bond motifs is 1. The first-order valence-electron chi connectivity index (χ1n) is 8.02. The van der Waals surface area contributed by atoms with Crippen LogP contribution in [0.25, 0.3) is 16.5 Å². The second-order valence-electron chi connectivity index (χ2n) is 5.83. The summed E-state index contributed by atoms with van der Waals surface area (Å²) in [7, 11) is 0. The molecule has 0 aliphatic rings. The van der Waals surface area contributed by atoms with Crippen LogP contribution in [0.1, 0.15) is 11.1 Å². The van der Waals surface area contributed by atoms with E-state index in [4.69, 9.17) is 0 Å². The number of aromatic nitrogens is 2. The van der Waals surface area contributed by atoms with Crippen LogP contribution in [0.5, 0.6) is 5.88 Å². The quantitative estimate of drug-likeness (QED) is 0.556. The van der Waals surface area contributed by atoms with Crippen molar-refractivity contribution < 1.29 is 5.11 Å². The third kappa shape index (κ3) is 2.80. The first-order valence-corrected chi connectivity index (χ1v) is 8.90. The predicted molar refractivity (Wildman–Crippen MR) is 105 cm³/mol. The summed E-state index contributed by atoms with van der Waals surface area (Å²) in [5.74, 6) is -0.141. The summed E-state index contributed by atoms with van der Waals surface area (Å²) in [4.78, 5) is 21.4. The fourth-order valence-electron chi connectivity index (χ4n) is 2.82. The second kappa shape index (κ2) is 6.57. The van der Waals surface area contributed by atoms with Crippen LogP contribution in [0.4, 0.5) is 5.13 Å². The molecule has 0 bridgehead atoms. The fourth-order valence-corrected chi connectivity index (χ4v) is 3.30. The third-order valence-electron chi connectivity index (χ3n) is 4.12. The topological polar surface area (TPSA) is 67.5 Å². The van der Waals surface area contributed by atoms with Gasteiger partial charge in [-0.2, -0.15) is 0 Å². The predicted octanol–water partition coefficient (Wildman–Crippen LogP) is 4.21. The number of aromatic hydroxyl groups is 1. The minimum atomic E-state index is -0.270. The standard InChI is InChI=1S/C20H15N3O2S/c1-13-6-8-14(9-7-13)23-18(24)16-5-3-2-4-15(16)17(19(23)25)12-22-20-21-10-11-26-20/h2-12,25H,1H3/b22-12+. The Morgan fingerprint density at radius 3 is 2.54 bits per heavy atom. The van der Waals surface area contributed by atoms with Crippen molar-refractivity contribution in [2.24, 2.45) is 4.99 Å². The van der Waals surface area contributed by atoms with E-state index in [1.165, 1.54) is 15.9 Å². The third-order valence-corrected chi connectivity index (χ3v) is 4.80. The number of thiazole rings is 1. The molecule has 0 fully saturated rings. The Bertz CT molecular complexity index is 1160. The Morgan fingerprint density at radius 2 is 1.85 bits per heavy atom. The van der Waals surface area contributed by atoms with Gasteiger partial charge in [-0.25, -0.2) is 14.5 Å². The van der Waals surface area contributed by atoms with Crippen molar-refractivity contribution in [3.05, 3.63) is 81.6 Å². The summed E-state index contributed by atoms with van der Waals surface area (Å²) >= 11 is 1.40.